The Kier molecular flexibility index (Phi) is 10.3. The Morgan fingerprint density at radius 3 is 2.21 bits per heavy atom. The topological polar surface area (TPSA) is 103 Å². The smallest absolute Gasteiger partial charge is 0.229 e. The Morgan fingerprint density at radius 2 is 1.50 bits per heavy atom. The molecule has 2 aliphatic heterocycles. The molecule has 3 heterocycles. The van der Waals surface area contributed by atoms with Gasteiger partial charge in [-0.1, -0.05) is 6.07 Å². The molecular weight excluding hydrogens is 536 g/mol. The lowest BCUT2D eigenvalue weighted by molar-refractivity contribution is 0.121. The van der Waals surface area contributed by atoms with Crippen molar-refractivity contribution < 1.29 is 23.7 Å². The number of hydrazone groups is 1. The largest absolute Gasteiger partial charge is 0.490 e. The van der Waals surface area contributed by atoms with Crippen LogP contribution in [0.15, 0.2) is 47.6 Å². The zero-order valence-electron chi connectivity index (χ0n) is 24.7. The number of morpholine rings is 2. The molecule has 0 atom stereocenters. The highest BCUT2D eigenvalue weighted by Crippen LogP contribution is 2.28. The molecule has 11 nitrogen and oxygen atoms in total. The maximum absolute atomic E-state index is 5.99. The van der Waals surface area contributed by atoms with E-state index < -0.39 is 0 Å². The first-order valence-electron chi connectivity index (χ1n) is 14.5. The summed E-state index contributed by atoms with van der Waals surface area (Å²) in [5.74, 6) is 4.30. The van der Waals surface area contributed by atoms with Gasteiger partial charge in [-0.05, 0) is 67.8 Å². The molecule has 1 N–H and O–H groups in total. The van der Waals surface area contributed by atoms with E-state index in [2.05, 4.69) is 40.2 Å². The van der Waals surface area contributed by atoms with E-state index in [1.54, 1.807) is 6.21 Å². The normalized spacial score (nSPS) is 15.6. The summed E-state index contributed by atoms with van der Waals surface area (Å²) in [5, 5.41) is 4.47. The quantitative estimate of drug-likeness (QED) is 0.193. The van der Waals surface area contributed by atoms with Crippen molar-refractivity contribution in [2.24, 2.45) is 5.10 Å². The Bertz CT molecular complexity index is 1280. The zero-order chi connectivity index (χ0) is 29.1. The molecular formula is C31H40N6O5. The molecule has 0 unspecified atom stereocenters. The van der Waals surface area contributed by atoms with E-state index in [1.807, 2.05) is 43.3 Å². The number of hydrogen-bond acceptors (Lipinski definition) is 11. The molecule has 11 heteroatoms. The fourth-order valence-electron chi connectivity index (χ4n) is 4.83. The Labute approximate surface area is 247 Å². The molecule has 2 aliphatic rings. The third-order valence-electron chi connectivity index (χ3n) is 6.79. The maximum Gasteiger partial charge on any atom is 0.229 e. The Hall–Kier alpha value is -4.09. The number of benzene rings is 2. The minimum atomic E-state index is 0.396. The molecule has 0 amide bonds. The van der Waals surface area contributed by atoms with Gasteiger partial charge in [0.15, 0.2) is 17.3 Å². The SMILES string of the molecule is CCOc1cc(/C=N/Nc2cc(N3CCOCC3)nc(N3CCOCC3)n2)ccc1OCCOc1cc(C)cc(C)c1. The fourth-order valence-corrected chi connectivity index (χ4v) is 4.83. The highest BCUT2D eigenvalue weighted by Gasteiger charge is 2.19. The van der Waals surface area contributed by atoms with E-state index in [4.69, 9.17) is 33.7 Å². The van der Waals surface area contributed by atoms with Gasteiger partial charge in [0, 0.05) is 32.2 Å². The fraction of sp³-hybridized carbons (Fsp3) is 0.452. The van der Waals surface area contributed by atoms with Gasteiger partial charge in [-0.25, -0.2) is 0 Å². The molecule has 0 aliphatic carbocycles. The molecule has 0 radical (unpaired) electrons. The van der Waals surface area contributed by atoms with Crippen LogP contribution in [0, 0.1) is 13.8 Å². The van der Waals surface area contributed by atoms with Crippen LogP contribution in [-0.4, -0.2) is 88.6 Å². The van der Waals surface area contributed by atoms with Crippen LogP contribution >= 0.6 is 0 Å². The number of nitrogens with one attached hydrogen (secondary N) is 1. The van der Waals surface area contributed by atoms with Crippen molar-refractivity contribution in [1.82, 2.24) is 9.97 Å². The van der Waals surface area contributed by atoms with E-state index in [9.17, 15) is 0 Å². The summed E-state index contributed by atoms with van der Waals surface area (Å²) in [5.41, 5.74) is 6.30. The van der Waals surface area contributed by atoms with E-state index in [1.165, 1.54) is 11.1 Å². The lowest BCUT2D eigenvalue weighted by Crippen LogP contribution is -2.39. The van der Waals surface area contributed by atoms with E-state index in [0.717, 1.165) is 43.3 Å². The van der Waals surface area contributed by atoms with Gasteiger partial charge in [0.2, 0.25) is 5.95 Å². The van der Waals surface area contributed by atoms with Crippen LogP contribution in [0.2, 0.25) is 0 Å². The molecule has 0 spiro atoms. The summed E-state index contributed by atoms with van der Waals surface area (Å²) >= 11 is 0. The van der Waals surface area contributed by atoms with Crippen LogP contribution in [-0.2, 0) is 9.47 Å². The molecule has 42 heavy (non-hydrogen) atoms. The van der Waals surface area contributed by atoms with Crippen molar-refractivity contribution in [3.05, 3.63) is 59.2 Å². The van der Waals surface area contributed by atoms with Crippen molar-refractivity contribution in [2.75, 3.05) is 87.7 Å². The predicted octanol–water partition coefficient (Wildman–Crippen LogP) is 4.07. The van der Waals surface area contributed by atoms with Gasteiger partial charge >= 0.3 is 0 Å². The van der Waals surface area contributed by atoms with Gasteiger partial charge in [0.1, 0.15) is 24.8 Å². The molecule has 1 aromatic heterocycles. The van der Waals surface area contributed by atoms with Crippen molar-refractivity contribution in [2.45, 2.75) is 20.8 Å². The van der Waals surface area contributed by atoms with E-state index in [0.29, 0.717) is 69.5 Å². The molecule has 224 valence electrons. The van der Waals surface area contributed by atoms with Gasteiger partial charge in [0.25, 0.3) is 0 Å². The maximum atomic E-state index is 5.99. The molecule has 5 rings (SSSR count). The molecule has 0 saturated carbocycles. The number of aromatic nitrogens is 2. The summed E-state index contributed by atoms with van der Waals surface area (Å²) in [6.07, 6.45) is 1.74. The second-order valence-electron chi connectivity index (χ2n) is 10.1. The van der Waals surface area contributed by atoms with Crippen LogP contribution < -0.4 is 29.4 Å². The number of nitrogens with zero attached hydrogens (tertiary/aromatic N) is 5. The first-order valence-corrected chi connectivity index (χ1v) is 14.5. The average molecular weight is 577 g/mol. The number of anilines is 3. The minimum Gasteiger partial charge on any atom is -0.490 e. The summed E-state index contributed by atoms with van der Waals surface area (Å²) in [4.78, 5) is 13.9. The second-order valence-corrected chi connectivity index (χ2v) is 10.1. The Balaban J connectivity index is 1.23. The molecule has 3 aromatic rings. The van der Waals surface area contributed by atoms with Gasteiger partial charge in [-0.3, -0.25) is 5.43 Å². The second kappa shape index (κ2) is 14.7. The minimum absolute atomic E-state index is 0.396. The van der Waals surface area contributed by atoms with E-state index >= 15 is 0 Å². The van der Waals surface area contributed by atoms with Crippen molar-refractivity contribution in [3.63, 3.8) is 0 Å². The van der Waals surface area contributed by atoms with Crippen LogP contribution in [0.5, 0.6) is 17.2 Å². The third-order valence-corrected chi connectivity index (χ3v) is 6.79. The zero-order valence-corrected chi connectivity index (χ0v) is 24.7. The first kappa shape index (κ1) is 29.4. The number of hydrogen-bond donors (Lipinski definition) is 1. The standard InChI is InChI=1S/C31H40N6O5/c1-4-40-28-20-25(5-6-27(28)42-16-15-41-26-18-23(2)17-24(3)19-26)22-32-35-29-21-30(36-7-11-38-12-8-36)34-31(33-29)37-9-13-39-14-10-37/h5-6,17-22H,4,7-16H2,1-3H3,(H,33,34,35)/b32-22+. The van der Waals surface area contributed by atoms with Crippen molar-refractivity contribution >= 4 is 23.8 Å². The van der Waals surface area contributed by atoms with Crippen molar-refractivity contribution in [3.8, 4) is 17.2 Å². The molecule has 2 saturated heterocycles. The van der Waals surface area contributed by atoms with Crippen LogP contribution in [0.25, 0.3) is 0 Å². The van der Waals surface area contributed by atoms with Gasteiger partial charge in [0.05, 0.1) is 39.2 Å². The highest BCUT2D eigenvalue weighted by molar-refractivity contribution is 5.81. The predicted molar refractivity (Wildman–Crippen MR) is 164 cm³/mol. The number of ether oxygens (including phenoxy) is 5. The van der Waals surface area contributed by atoms with Crippen molar-refractivity contribution in [1.29, 1.82) is 0 Å². The summed E-state index contributed by atoms with van der Waals surface area (Å²) in [6, 6.07) is 13.8. The average Bonchev–Trinajstić information content (AvgIpc) is 3.00. The monoisotopic (exact) mass is 576 g/mol. The van der Waals surface area contributed by atoms with Crippen LogP contribution in [0.1, 0.15) is 23.6 Å². The first-order chi connectivity index (χ1) is 20.6. The molecule has 2 fully saturated rings. The number of rotatable bonds is 12. The lowest BCUT2D eigenvalue weighted by atomic mass is 10.1. The summed E-state index contributed by atoms with van der Waals surface area (Å²) in [6.45, 7) is 13.2. The van der Waals surface area contributed by atoms with Gasteiger partial charge in [-0.15, -0.1) is 0 Å². The molecule has 0 bridgehead atoms. The highest BCUT2D eigenvalue weighted by atomic mass is 16.5. The third kappa shape index (κ3) is 8.23. The van der Waals surface area contributed by atoms with Crippen LogP contribution in [0.3, 0.4) is 0 Å². The van der Waals surface area contributed by atoms with Gasteiger partial charge in [-0.2, -0.15) is 15.1 Å². The molecule has 2 aromatic carbocycles. The van der Waals surface area contributed by atoms with Crippen LogP contribution in [0.4, 0.5) is 17.6 Å². The van der Waals surface area contributed by atoms with Gasteiger partial charge < -0.3 is 33.5 Å². The summed E-state index contributed by atoms with van der Waals surface area (Å²) < 4.78 is 28.8. The summed E-state index contributed by atoms with van der Waals surface area (Å²) in [7, 11) is 0. The van der Waals surface area contributed by atoms with E-state index in [-0.39, 0.29) is 0 Å². The Morgan fingerprint density at radius 1 is 0.810 bits per heavy atom. The number of aryl methyl sites for hydroxylation is 2. The lowest BCUT2D eigenvalue weighted by Gasteiger charge is -2.31.